The summed E-state index contributed by atoms with van der Waals surface area (Å²) in [6.45, 7) is 5.55. The summed E-state index contributed by atoms with van der Waals surface area (Å²) in [5.41, 5.74) is 0.828. The number of hydrogen-bond donors (Lipinski definition) is 2. The van der Waals surface area contributed by atoms with Crippen molar-refractivity contribution in [2.24, 2.45) is 0 Å². The van der Waals surface area contributed by atoms with Crippen LogP contribution < -0.4 is 10.1 Å². The van der Waals surface area contributed by atoms with Crippen LogP contribution in [0, 0.1) is 0 Å². The minimum absolute atomic E-state index is 0.199. The number of methoxy groups -OCH3 is 1. The number of benzene rings is 1. The quantitative estimate of drug-likeness (QED) is 0.536. The Balaban J connectivity index is 2.34. The molecule has 0 aliphatic heterocycles. The van der Waals surface area contributed by atoms with Gasteiger partial charge in [-0.2, -0.15) is 0 Å². The fourth-order valence-electron chi connectivity index (χ4n) is 1.46. The van der Waals surface area contributed by atoms with E-state index in [9.17, 15) is 5.11 Å². The molecule has 4 nitrogen and oxygen atoms in total. The summed E-state index contributed by atoms with van der Waals surface area (Å²) in [5.74, 6) is 0.698. The number of aromatic hydroxyl groups is 1. The van der Waals surface area contributed by atoms with Crippen molar-refractivity contribution in [2.75, 3.05) is 20.3 Å². The van der Waals surface area contributed by atoms with Crippen molar-refractivity contribution in [3.05, 3.63) is 36.6 Å². The van der Waals surface area contributed by atoms with Crippen molar-refractivity contribution in [1.29, 1.82) is 0 Å². The highest BCUT2D eigenvalue weighted by atomic mass is 16.5. The Morgan fingerprint density at radius 1 is 1.47 bits per heavy atom. The molecule has 0 radical (unpaired) electrons. The minimum atomic E-state index is 0.199. The molecule has 17 heavy (non-hydrogen) atoms. The van der Waals surface area contributed by atoms with Gasteiger partial charge in [-0.25, -0.2) is 0 Å². The Hall–Kier alpha value is -1.68. The van der Waals surface area contributed by atoms with Crippen LogP contribution in [-0.2, 0) is 11.3 Å². The molecule has 0 atom stereocenters. The van der Waals surface area contributed by atoms with Crippen LogP contribution in [0.3, 0.4) is 0 Å². The normalized spacial score (nSPS) is 9.94. The second kappa shape index (κ2) is 7.57. The summed E-state index contributed by atoms with van der Waals surface area (Å²) in [6, 6.07) is 5.46. The molecule has 0 aromatic heterocycles. The third-order valence-electron chi connectivity index (χ3n) is 2.35. The number of phenols is 1. The van der Waals surface area contributed by atoms with Gasteiger partial charge in [0.2, 0.25) is 0 Å². The van der Waals surface area contributed by atoms with Gasteiger partial charge in [-0.3, -0.25) is 0 Å². The van der Waals surface area contributed by atoms with Gasteiger partial charge in [-0.05, 0) is 19.0 Å². The van der Waals surface area contributed by atoms with E-state index in [0.29, 0.717) is 18.9 Å². The molecule has 4 heteroatoms. The van der Waals surface area contributed by atoms with E-state index in [1.807, 2.05) is 12.1 Å². The minimum Gasteiger partial charge on any atom is -0.504 e. The molecule has 1 aromatic rings. The van der Waals surface area contributed by atoms with E-state index in [1.54, 1.807) is 13.2 Å². The van der Waals surface area contributed by atoms with E-state index in [2.05, 4.69) is 11.9 Å². The predicted molar refractivity (Wildman–Crippen MR) is 67.1 cm³/mol. The molecule has 0 unspecified atom stereocenters. The highest BCUT2D eigenvalue weighted by molar-refractivity contribution is 5.45. The first-order valence-electron chi connectivity index (χ1n) is 5.57. The molecule has 0 fully saturated rings. The van der Waals surface area contributed by atoms with Crippen LogP contribution >= 0.6 is 0 Å². The van der Waals surface area contributed by atoms with Gasteiger partial charge in [0.1, 0.15) is 0 Å². The standard InChI is InChI=1S/C13H19NO3/c1-3-17-9-5-8-14-10-11-6-4-7-12(16-2)13(11)15/h3-4,6-7,14-15H,1,5,8-10H2,2H3. The lowest BCUT2D eigenvalue weighted by Gasteiger charge is -2.09. The number of phenolic OH excluding ortho intramolecular Hbond substituents is 1. The van der Waals surface area contributed by atoms with E-state index in [1.165, 1.54) is 6.26 Å². The van der Waals surface area contributed by atoms with Crippen molar-refractivity contribution in [3.63, 3.8) is 0 Å². The number of rotatable bonds is 8. The largest absolute Gasteiger partial charge is 0.504 e. The summed E-state index contributed by atoms with van der Waals surface area (Å²) in [7, 11) is 1.54. The molecule has 1 rings (SSSR count). The van der Waals surface area contributed by atoms with Crippen LogP contribution in [0.25, 0.3) is 0 Å². The zero-order chi connectivity index (χ0) is 12.5. The van der Waals surface area contributed by atoms with E-state index < -0.39 is 0 Å². The van der Waals surface area contributed by atoms with Crippen LogP contribution in [0.4, 0.5) is 0 Å². The summed E-state index contributed by atoms with van der Waals surface area (Å²) in [4.78, 5) is 0. The first-order valence-corrected chi connectivity index (χ1v) is 5.57. The Labute approximate surface area is 102 Å². The SMILES string of the molecule is C=COCCCNCc1cccc(OC)c1O. The molecule has 0 aliphatic rings. The van der Waals surface area contributed by atoms with Gasteiger partial charge in [-0.1, -0.05) is 18.7 Å². The number of ether oxygens (including phenoxy) is 2. The number of hydrogen-bond acceptors (Lipinski definition) is 4. The third-order valence-corrected chi connectivity index (χ3v) is 2.35. The monoisotopic (exact) mass is 237 g/mol. The molecule has 0 amide bonds. The van der Waals surface area contributed by atoms with Crippen LogP contribution in [0.2, 0.25) is 0 Å². The average molecular weight is 237 g/mol. The first kappa shape index (κ1) is 13.4. The van der Waals surface area contributed by atoms with Crippen LogP contribution in [0.15, 0.2) is 31.0 Å². The van der Waals surface area contributed by atoms with Crippen LogP contribution in [0.1, 0.15) is 12.0 Å². The fraction of sp³-hybridized carbons (Fsp3) is 0.385. The lowest BCUT2D eigenvalue weighted by atomic mass is 10.2. The second-order valence-corrected chi connectivity index (χ2v) is 3.54. The average Bonchev–Trinajstić information content (AvgIpc) is 2.35. The first-order chi connectivity index (χ1) is 8.29. The van der Waals surface area contributed by atoms with E-state index in [-0.39, 0.29) is 5.75 Å². The van der Waals surface area contributed by atoms with Gasteiger partial charge in [0, 0.05) is 12.1 Å². The summed E-state index contributed by atoms with van der Waals surface area (Å²) < 4.78 is 10.0. The van der Waals surface area contributed by atoms with Gasteiger partial charge < -0.3 is 19.9 Å². The van der Waals surface area contributed by atoms with Crippen molar-refractivity contribution in [1.82, 2.24) is 5.32 Å². The van der Waals surface area contributed by atoms with Gasteiger partial charge in [0.05, 0.1) is 20.0 Å². The third kappa shape index (κ3) is 4.36. The summed E-state index contributed by atoms with van der Waals surface area (Å²) >= 11 is 0. The Morgan fingerprint density at radius 3 is 3.00 bits per heavy atom. The Kier molecular flexibility index (Phi) is 5.96. The second-order valence-electron chi connectivity index (χ2n) is 3.54. The van der Waals surface area contributed by atoms with E-state index in [0.717, 1.165) is 18.5 Å². The van der Waals surface area contributed by atoms with Gasteiger partial charge in [0.15, 0.2) is 11.5 Å². The maximum absolute atomic E-state index is 9.83. The molecular weight excluding hydrogens is 218 g/mol. The van der Waals surface area contributed by atoms with Crippen molar-refractivity contribution in [3.8, 4) is 11.5 Å². The van der Waals surface area contributed by atoms with Gasteiger partial charge in [-0.15, -0.1) is 0 Å². The van der Waals surface area contributed by atoms with Gasteiger partial charge >= 0.3 is 0 Å². The Bertz CT molecular complexity index is 353. The van der Waals surface area contributed by atoms with Crippen molar-refractivity contribution >= 4 is 0 Å². The summed E-state index contributed by atoms with van der Waals surface area (Å²) in [5, 5.41) is 13.0. The smallest absolute Gasteiger partial charge is 0.162 e. The van der Waals surface area contributed by atoms with Crippen molar-refractivity contribution in [2.45, 2.75) is 13.0 Å². The number of para-hydroxylation sites is 1. The maximum atomic E-state index is 9.83. The maximum Gasteiger partial charge on any atom is 0.162 e. The van der Waals surface area contributed by atoms with Crippen LogP contribution in [-0.4, -0.2) is 25.4 Å². The molecule has 0 saturated heterocycles. The highest BCUT2D eigenvalue weighted by Crippen LogP contribution is 2.28. The lowest BCUT2D eigenvalue weighted by Crippen LogP contribution is -2.16. The van der Waals surface area contributed by atoms with E-state index >= 15 is 0 Å². The number of nitrogens with one attached hydrogen (secondary N) is 1. The molecule has 94 valence electrons. The lowest BCUT2D eigenvalue weighted by molar-refractivity contribution is 0.244. The van der Waals surface area contributed by atoms with E-state index in [4.69, 9.17) is 9.47 Å². The van der Waals surface area contributed by atoms with Gasteiger partial charge in [0.25, 0.3) is 0 Å². The molecule has 2 N–H and O–H groups in total. The zero-order valence-electron chi connectivity index (χ0n) is 10.1. The predicted octanol–water partition coefficient (Wildman–Crippen LogP) is 2.04. The molecule has 1 aromatic carbocycles. The van der Waals surface area contributed by atoms with Crippen molar-refractivity contribution < 1.29 is 14.6 Å². The molecule has 0 aliphatic carbocycles. The zero-order valence-corrected chi connectivity index (χ0v) is 10.1. The topological polar surface area (TPSA) is 50.7 Å². The fourth-order valence-corrected chi connectivity index (χ4v) is 1.46. The summed E-state index contributed by atoms with van der Waals surface area (Å²) in [6.07, 6.45) is 2.34. The molecule has 0 bridgehead atoms. The molecular formula is C13H19NO3. The molecule has 0 heterocycles. The molecule has 0 saturated carbocycles. The van der Waals surface area contributed by atoms with Crippen LogP contribution in [0.5, 0.6) is 11.5 Å². The Morgan fingerprint density at radius 2 is 2.29 bits per heavy atom. The highest BCUT2D eigenvalue weighted by Gasteiger charge is 2.05. The molecule has 0 spiro atoms.